The van der Waals surface area contributed by atoms with E-state index in [9.17, 15) is 44.7 Å². The Morgan fingerprint density at radius 1 is 1.00 bits per heavy atom. The average molecular weight is 858 g/mol. The highest BCUT2D eigenvalue weighted by Gasteiger charge is 2.68. The van der Waals surface area contributed by atoms with E-state index in [-0.39, 0.29) is 22.8 Å². The molecular weight excluding hydrogens is 791 g/mol. The minimum atomic E-state index is -3.02. The number of anilines is 1. The monoisotopic (exact) mass is 857 g/mol. The zero-order valence-corrected chi connectivity index (χ0v) is 37.3. The number of aliphatic hydroxyl groups excluding tert-OH is 3. The number of phenols is 1. The first-order valence-corrected chi connectivity index (χ1v) is 23.1. The van der Waals surface area contributed by atoms with Crippen molar-refractivity contribution in [3.63, 3.8) is 0 Å². The number of likely N-dealkylation sites (N-methyl/N-ethyl adjacent to an activating group) is 1. The van der Waals surface area contributed by atoms with Crippen molar-refractivity contribution in [2.24, 2.45) is 64.4 Å². The summed E-state index contributed by atoms with van der Waals surface area (Å²) in [6, 6.07) is 1.57. The second-order valence-electron chi connectivity index (χ2n) is 21.0. The number of ether oxygens (including phenoxy) is 1. The van der Waals surface area contributed by atoms with Gasteiger partial charge in [-0.05, 0) is 123 Å². The number of phenolic OH excluding ortho intramolecular Hbond substituents is 1. The van der Waals surface area contributed by atoms with Gasteiger partial charge in [0, 0.05) is 17.9 Å². The lowest BCUT2D eigenvalue weighted by Gasteiger charge is -2.55. The molecule has 0 spiro atoms. The first-order chi connectivity index (χ1) is 29.2. The van der Waals surface area contributed by atoms with Crippen LogP contribution >= 0.6 is 0 Å². The number of aromatic hydroxyl groups is 1. The van der Waals surface area contributed by atoms with E-state index in [1.54, 1.807) is 13.0 Å². The number of rotatable bonds is 9. The first kappa shape index (κ1) is 44.4. The van der Waals surface area contributed by atoms with E-state index in [0.29, 0.717) is 30.2 Å². The smallest absolute Gasteiger partial charge is 0.412 e. The van der Waals surface area contributed by atoms with Gasteiger partial charge in [-0.15, -0.1) is 0 Å². The fourth-order valence-corrected chi connectivity index (χ4v) is 14.2. The lowest BCUT2D eigenvalue weighted by molar-refractivity contribution is -0.169. The number of carbonyl (C=O) groups excluding carboxylic acids is 4. The van der Waals surface area contributed by atoms with Gasteiger partial charge in [-0.1, -0.05) is 71.6 Å². The summed E-state index contributed by atoms with van der Waals surface area (Å²) in [5.74, 6) is -4.50. The van der Waals surface area contributed by atoms with Gasteiger partial charge in [0.15, 0.2) is 11.4 Å². The summed E-state index contributed by atoms with van der Waals surface area (Å²) < 4.78 is 6.00. The summed E-state index contributed by atoms with van der Waals surface area (Å²) in [5.41, 5.74) is 2.40. The molecular formula is C49H67N3O10. The van der Waals surface area contributed by atoms with Crippen molar-refractivity contribution >= 4 is 35.0 Å². The highest BCUT2D eigenvalue weighted by Crippen LogP contribution is 2.63. The quantitative estimate of drug-likeness (QED) is 0.0757. The fraction of sp³-hybridized carbons (Fsp3) is 0.673. The van der Waals surface area contributed by atoms with Gasteiger partial charge in [0.25, 0.3) is 5.91 Å². The number of nitrogens with one attached hydrogen (secondary N) is 1. The van der Waals surface area contributed by atoms with Crippen LogP contribution in [0.3, 0.4) is 0 Å². The van der Waals surface area contributed by atoms with Crippen LogP contribution in [-0.2, 0) is 19.1 Å². The molecule has 0 saturated heterocycles. The summed E-state index contributed by atoms with van der Waals surface area (Å²) in [7, 11) is 2.92. The maximum Gasteiger partial charge on any atom is 0.412 e. The minimum absolute atomic E-state index is 0.0767. The molecule has 8 N–H and O–H groups in total. The molecule has 2 amide bonds. The third kappa shape index (κ3) is 6.73. The summed E-state index contributed by atoms with van der Waals surface area (Å²) in [6.07, 6.45) is 12.2. The molecule has 13 heteroatoms. The number of hydrogen-bond donors (Lipinski definition) is 7. The van der Waals surface area contributed by atoms with Crippen molar-refractivity contribution in [1.29, 1.82) is 0 Å². The van der Waals surface area contributed by atoms with Crippen LogP contribution < -0.4 is 11.1 Å². The van der Waals surface area contributed by atoms with Gasteiger partial charge < -0.3 is 36.0 Å². The molecule has 7 aliphatic rings. The van der Waals surface area contributed by atoms with E-state index in [1.165, 1.54) is 75.6 Å². The Kier molecular flexibility index (Phi) is 11.5. The van der Waals surface area contributed by atoms with Gasteiger partial charge in [0.2, 0.25) is 5.78 Å². The maximum atomic E-state index is 14.4. The van der Waals surface area contributed by atoms with Crippen LogP contribution in [0.25, 0.3) is 5.76 Å². The van der Waals surface area contributed by atoms with Gasteiger partial charge >= 0.3 is 6.09 Å². The SMILES string of the molecule is CC(C)CCCC(C)C1CCC2C1CCC1C2CC=C2CC(OC(=O)Nc3ccc4c(c3O)C(O)=C3C(=O)C5(O)C(O)=C(C(N)=O)C(=O)C(N(C)C)C5C(O)C3C4C)CCC21C. The van der Waals surface area contributed by atoms with E-state index < -0.39 is 87.5 Å². The lowest BCUT2D eigenvalue weighted by atomic mass is 9.50. The molecule has 4 fully saturated rings. The molecule has 4 saturated carbocycles. The molecule has 0 aliphatic heterocycles. The van der Waals surface area contributed by atoms with E-state index in [1.807, 2.05) is 0 Å². The van der Waals surface area contributed by atoms with Crippen LogP contribution in [0, 0.1) is 58.7 Å². The average Bonchev–Trinajstić information content (AvgIpc) is 3.65. The predicted molar refractivity (Wildman–Crippen MR) is 233 cm³/mol. The molecule has 1 aromatic rings. The highest BCUT2D eigenvalue weighted by molar-refractivity contribution is 6.24. The Balaban J connectivity index is 0.979. The van der Waals surface area contributed by atoms with Crippen LogP contribution in [0.2, 0.25) is 0 Å². The van der Waals surface area contributed by atoms with Crippen molar-refractivity contribution in [1.82, 2.24) is 4.90 Å². The van der Waals surface area contributed by atoms with Crippen molar-refractivity contribution < 1.29 is 49.4 Å². The van der Waals surface area contributed by atoms with Gasteiger partial charge in [-0.2, -0.15) is 0 Å². The lowest BCUT2D eigenvalue weighted by Crippen LogP contribution is -2.70. The normalized spacial score (nSPS) is 38.0. The van der Waals surface area contributed by atoms with Crippen molar-refractivity contribution in [3.05, 3.63) is 51.8 Å². The molecule has 14 atom stereocenters. The maximum absolute atomic E-state index is 14.4. The number of primary amides is 1. The van der Waals surface area contributed by atoms with Crippen molar-refractivity contribution in [3.8, 4) is 5.75 Å². The predicted octanol–water partition coefficient (Wildman–Crippen LogP) is 7.06. The number of nitrogens with zero attached hydrogens (tertiary/aromatic N) is 1. The topological polar surface area (TPSA) is 220 Å². The summed E-state index contributed by atoms with van der Waals surface area (Å²) in [5, 5.41) is 61.1. The number of ketones is 2. The molecule has 0 radical (unpaired) electrons. The van der Waals surface area contributed by atoms with E-state index in [4.69, 9.17) is 10.5 Å². The Hall–Kier alpha value is -4.20. The van der Waals surface area contributed by atoms with Crippen molar-refractivity contribution in [2.75, 3.05) is 19.4 Å². The summed E-state index contributed by atoms with van der Waals surface area (Å²) in [6.45, 7) is 11.2. The van der Waals surface area contributed by atoms with Crippen molar-refractivity contribution in [2.45, 2.75) is 135 Å². The van der Waals surface area contributed by atoms with Crippen LogP contribution in [0.5, 0.6) is 5.75 Å². The third-order valence-electron chi connectivity index (χ3n) is 17.2. The van der Waals surface area contributed by atoms with Gasteiger partial charge in [-0.3, -0.25) is 24.6 Å². The number of aliphatic hydroxyl groups is 4. The number of Topliss-reactive ketones (excluding diaryl/α,β-unsaturated/α-hetero) is 2. The Labute approximate surface area is 364 Å². The molecule has 14 unspecified atom stereocenters. The summed E-state index contributed by atoms with van der Waals surface area (Å²) >= 11 is 0. The molecule has 338 valence electrons. The second-order valence-corrected chi connectivity index (χ2v) is 21.0. The van der Waals surface area contributed by atoms with Crippen LogP contribution in [0.1, 0.15) is 122 Å². The molecule has 7 aliphatic carbocycles. The van der Waals surface area contributed by atoms with Crippen LogP contribution in [0.4, 0.5) is 10.5 Å². The zero-order chi connectivity index (χ0) is 44.9. The molecule has 62 heavy (non-hydrogen) atoms. The Morgan fingerprint density at radius 3 is 2.39 bits per heavy atom. The molecule has 0 heterocycles. The van der Waals surface area contributed by atoms with Gasteiger partial charge in [0.1, 0.15) is 28.9 Å². The number of benzene rings is 1. The van der Waals surface area contributed by atoms with Crippen LogP contribution in [-0.4, -0.2) is 91.9 Å². The molecule has 13 nitrogen and oxygen atoms in total. The standard InChI is InChI=1S/C49H67N3O10/c1-22(2)9-8-10-23(3)27-13-14-30-29(27)15-17-32-31(30)12-11-25-21-26(19-20-48(25,32)5)62-47(60)51-33-18-16-28-24(4)34-36(41(54)35(28)40(33)53)44(57)49(61)38(42(34)55)39(52(6)7)43(56)37(45(49)58)46(50)59/h11,16,18,22-24,26-27,29-32,34,38-39,42,53-55,58,61H,8-10,12-15,17,19-21H2,1-7H3,(H2,50,59)(H,51,60). The number of carbonyl (C=O) groups is 4. The molecule has 0 bridgehead atoms. The van der Waals surface area contributed by atoms with Crippen LogP contribution in [0.15, 0.2) is 40.7 Å². The van der Waals surface area contributed by atoms with E-state index in [2.05, 4.69) is 39.1 Å². The number of allylic oxidation sites excluding steroid dienone is 1. The number of fused-ring (bicyclic) bond motifs is 8. The Morgan fingerprint density at radius 2 is 1.71 bits per heavy atom. The number of nitrogens with two attached hydrogens (primary N) is 1. The zero-order valence-electron chi connectivity index (χ0n) is 37.3. The van der Waals surface area contributed by atoms with E-state index in [0.717, 1.165) is 42.4 Å². The number of amides is 2. The van der Waals surface area contributed by atoms with Gasteiger partial charge in [0.05, 0.1) is 29.3 Å². The van der Waals surface area contributed by atoms with E-state index >= 15 is 0 Å². The fourth-order valence-electron chi connectivity index (χ4n) is 14.2. The molecule has 0 aromatic heterocycles. The molecule has 1 aromatic carbocycles. The van der Waals surface area contributed by atoms with Gasteiger partial charge in [-0.25, -0.2) is 4.79 Å². The largest absolute Gasteiger partial charge is 0.508 e. The first-order valence-electron chi connectivity index (χ1n) is 23.1. The number of hydrogen-bond acceptors (Lipinski definition) is 11. The third-order valence-corrected chi connectivity index (χ3v) is 17.2. The Bertz CT molecular complexity index is 2140. The second kappa shape index (κ2) is 16.1. The highest BCUT2D eigenvalue weighted by atomic mass is 16.6. The minimum Gasteiger partial charge on any atom is -0.508 e. The summed E-state index contributed by atoms with van der Waals surface area (Å²) in [4.78, 5) is 55.0. The molecule has 8 rings (SSSR count).